The van der Waals surface area contributed by atoms with Gasteiger partial charge in [0.15, 0.2) is 0 Å². The molecular formula is C18H24N2O2. The van der Waals surface area contributed by atoms with Crippen LogP contribution in [-0.2, 0) is 11.2 Å². The number of nitrogens with zero attached hydrogens (tertiary/aromatic N) is 1. The quantitative estimate of drug-likeness (QED) is 0.851. The zero-order valence-corrected chi connectivity index (χ0v) is 14.0. The molecule has 4 nitrogen and oxygen atoms in total. The van der Waals surface area contributed by atoms with Crippen molar-refractivity contribution in [3.8, 4) is 12.3 Å². The number of Topliss-reactive ketones (excluding diaryl/α,β-unsaturated/α-hetero) is 1. The molecule has 1 amide bonds. The molecule has 1 heterocycles. The fourth-order valence-corrected chi connectivity index (χ4v) is 1.97. The zero-order valence-electron chi connectivity index (χ0n) is 14.0. The van der Waals surface area contributed by atoms with E-state index in [1.54, 1.807) is 26.0 Å². The summed E-state index contributed by atoms with van der Waals surface area (Å²) in [6.45, 7) is 9.55. The second-order valence-electron chi connectivity index (χ2n) is 7.23. The van der Waals surface area contributed by atoms with Gasteiger partial charge in [0.1, 0.15) is 11.5 Å². The molecule has 0 aliphatic heterocycles. The normalized spacial score (nSPS) is 11.6. The van der Waals surface area contributed by atoms with Crippen LogP contribution in [0.5, 0.6) is 0 Å². The van der Waals surface area contributed by atoms with Crippen molar-refractivity contribution >= 4 is 11.7 Å². The van der Waals surface area contributed by atoms with Crippen LogP contribution >= 0.6 is 0 Å². The van der Waals surface area contributed by atoms with E-state index in [4.69, 9.17) is 6.42 Å². The van der Waals surface area contributed by atoms with E-state index in [0.29, 0.717) is 12.8 Å². The smallest absolute Gasteiger partial charge is 0.271 e. The number of nitrogens with one attached hydrogen (secondary N) is 1. The number of carbonyl (C=O) groups is 2. The van der Waals surface area contributed by atoms with Gasteiger partial charge in [-0.3, -0.25) is 14.6 Å². The Morgan fingerprint density at radius 2 is 1.91 bits per heavy atom. The van der Waals surface area contributed by atoms with Crippen LogP contribution in [0.15, 0.2) is 18.3 Å². The molecule has 0 radical (unpaired) electrons. The van der Waals surface area contributed by atoms with Gasteiger partial charge in [-0.05, 0) is 37.0 Å². The number of ketones is 1. The van der Waals surface area contributed by atoms with E-state index >= 15 is 0 Å². The lowest BCUT2D eigenvalue weighted by molar-refractivity contribution is -0.120. The van der Waals surface area contributed by atoms with Gasteiger partial charge in [0, 0.05) is 19.0 Å². The van der Waals surface area contributed by atoms with E-state index in [2.05, 4.69) is 16.2 Å². The Morgan fingerprint density at radius 1 is 1.27 bits per heavy atom. The fraction of sp³-hybridized carbons (Fsp3) is 0.500. The van der Waals surface area contributed by atoms with Gasteiger partial charge in [0.2, 0.25) is 0 Å². The highest BCUT2D eigenvalue weighted by Gasteiger charge is 2.20. The van der Waals surface area contributed by atoms with E-state index < -0.39 is 5.54 Å². The lowest BCUT2D eigenvalue weighted by Gasteiger charge is -2.19. The third-order valence-electron chi connectivity index (χ3n) is 2.97. The SMILES string of the molecule is C#CC(C)(C)NC(=O)c1cc(CC(=O)CC(C)(C)C)ccn1. The summed E-state index contributed by atoms with van der Waals surface area (Å²) in [5.74, 6) is 2.31. The van der Waals surface area contributed by atoms with Crippen molar-refractivity contribution in [3.05, 3.63) is 29.6 Å². The number of hydrogen-bond donors (Lipinski definition) is 1. The molecule has 0 saturated carbocycles. The van der Waals surface area contributed by atoms with Gasteiger partial charge in [-0.1, -0.05) is 26.7 Å². The summed E-state index contributed by atoms with van der Waals surface area (Å²) in [7, 11) is 0. The Balaban J connectivity index is 2.81. The minimum Gasteiger partial charge on any atom is -0.335 e. The highest BCUT2D eigenvalue weighted by Crippen LogP contribution is 2.20. The summed E-state index contributed by atoms with van der Waals surface area (Å²) >= 11 is 0. The molecule has 0 spiro atoms. The highest BCUT2D eigenvalue weighted by molar-refractivity contribution is 5.93. The van der Waals surface area contributed by atoms with Crippen LogP contribution in [0.2, 0.25) is 0 Å². The van der Waals surface area contributed by atoms with Crippen LogP contribution in [0.25, 0.3) is 0 Å². The molecule has 1 N–H and O–H groups in total. The predicted octanol–water partition coefficient (Wildman–Crippen LogP) is 2.77. The zero-order chi connectivity index (χ0) is 17.0. The summed E-state index contributed by atoms with van der Waals surface area (Å²) in [5, 5.41) is 2.72. The monoisotopic (exact) mass is 300 g/mol. The van der Waals surface area contributed by atoms with Gasteiger partial charge < -0.3 is 5.32 Å². The number of carbonyl (C=O) groups excluding carboxylic acids is 2. The standard InChI is InChI=1S/C18H24N2O2/c1-7-18(5,6)20-16(22)15-11-13(8-9-19-15)10-14(21)12-17(2,3)4/h1,8-9,11H,10,12H2,2-6H3,(H,20,22). The van der Waals surface area contributed by atoms with E-state index in [0.717, 1.165) is 5.56 Å². The summed E-state index contributed by atoms with van der Waals surface area (Å²) in [5.41, 5.74) is 0.273. The highest BCUT2D eigenvalue weighted by atomic mass is 16.2. The molecule has 4 heteroatoms. The molecule has 0 atom stereocenters. The molecule has 1 rings (SSSR count). The molecule has 1 aromatic heterocycles. The van der Waals surface area contributed by atoms with Crippen molar-refractivity contribution in [3.63, 3.8) is 0 Å². The average Bonchev–Trinajstić information content (AvgIpc) is 2.36. The lowest BCUT2D eigenvalue weighted by atomic mass is 9.88. The maximum atomic E-state index is 12.1. The minimum absolute atomic E-state index is 0.0405. The van der Waals surface area contributed by atoms with Crippen LogP contribution in [0.4, 0.5) is 0 Å². The fourth-order valence-electron chi connectivity index (χ4n) is 1.97. The first-order chi connectivity index (χ1) is 10.0. The van der Waals surface area contributed by atoms with Crippen LogP contribution in [-0.4, -0.2) is 22.2 Å². The van der Waals surface area contributed by atoms with E-state index in [-0.39, 0.29) is 22.8 Å². The Labute approximate surface area is 132 Å². The number of rotatable bonds is 5. The van der Waals surface area contributed by atoms with Gasteiger partial charge >= 0.3 is 0 Å². The number of hydrogen-bond acceptors (Lipinski definition) is 3. The molecular weight excluding hydrogens is 276 g/mol. The van der Waals surface area contributed by atoms with E-state index in [1.807, 2.05) is 20.8 Å². The molecule has 0 unspecified atom stereocenters. The number of pyridine rings is 1. The largest absolute Gasteiger partial charge is 0.335 e. The Kier molecular flexibility index (Phi) is 5.48. The van der Waals surface area contributed by atoms with Crippen LogP contribution in [0.1, 0.15) is 57.1 Å². The molecule has 0 saturated heterocycles. The van der Waals surface area contributed by atoms with Crippen molar-refractivity contribution in [1.82, 2.24) is 10.3 Å². The molecule has 0 aromatic carbocycles. The predicted molar refractivity (Wildman–Crippen MR) is 87.4 cm³/mol. The maximum absolute atomic E-state index is 12.1. The topological polar surface area (TPSA) is 59.1 Å². The number of amides is 1. The van der Waals surface area contributed by atoms with Crippen molar-refractivity contribution in [1.29, 1.82) is 0 Å². The molecule has 22 heavy (non-hydrogen) atoms. The van der Waals surface area contributed by atoms with E-state index in [9.17, 15) is 9.59 Å². The van der Waals surface area contributed by atoms with Gasteiger partial charge in [-0.15, -0.1) is 6.42 Å². The summed E-state index contributed by atoms with van der Waals surface area (Å²) in [6.07, 6.45) is 7.70. The molecule has 0 bridgehead atoms. The Morgan fingerprint density at radius 3 is 2.45 bits per heavy atom. The van der Waals surface area contributed by atoms with Gasteiger partial charge in [-0.2, -0.15) is 0 Å². The van der Waals surface area contributed by atoms with Crippen molar-refractivity contribution in [2.45, 2.75) is 53.0 Å². The van der Waals surface area contributed by atoms with Gasteiger partial charge in [0.05, 0.1) is 5.54 Å². The minimum atomic E-state index is -0.739. The maximum Gasteiger partial charge on any atom is 0.271 e. The van der Waals surface area contributed by atoms with Crippen molar-refractivity contribution < 1.29 is 9.59 Å². The average molecular weight is 300 g/mol. The molecule has 1 aromatic rings. The van der Waals surface area contributed by atoms with Crippen LogP contribution in [0.3, 0.4) is 0 Å². The second-order valence-corrected chi connectivity index (χ2v) is 7.23. The van der Waals surface area contributed by atoms with Crippen molar-refractivity contribution in [2.24, 2.45) is 5.41 Å². The number of aromatic nitrogens is 1. The van der Waals surface area contributed by atoms with Crippen LogP contribution in [0, 0.1) is 17.8 Å². The first kappa shape index (κ1) is 17.9. The van der Waals surface area contributed by atoms with Gasteiger partial charge in [0.25, 0.3) is 5.91 Å². The number of terminal acetylenes is 1. The Hall–Kier alpha value is -2.15. The van der Waals surface area contributed by atoms with E-state index in [1.165, 1.54) is 6.20 Å². The molecule has 0 aliphatic carbocycles. The van der Waals surface area contributed by atoms with Gasteiger partial charge in [-0.25, -0.2) is 0 Å². The molecule has 0 aliphatic rings. The third kappa shape index (κ3) is 6.09. The Bertz CT molecular complexity index is 604. The first-order valence-electron chi connectivity index (χ1n) is 7.29. The summed E-state index contributed by atoms with van der Waals surface area (Å²) < 4.78 is 0. The molecule has 118 valence electrons. The summed E-state index contributed by atoms with van der Waals surface area (Å²) in [4.78, 5) is 28.2. The van der Waals surface area contributed by atoms with Crippen LogP contribution < -0.4 is 5.32 Å². The second kappa shape index (κ2) is 6.74. The third-order valence-corrected chi connectivity index (χ3v) is 2.97. The lowest BCUT2D eigenvalue weighted by Crippen LogP contribution is -2.42. The first-order valence-corrected chi connectivity index (χ1v) is 7.29. The summed E-state index contributed by atoms with van der Waals surface area (Å²) in [6, 6.07) is 3.39. The molecule has 0 fully saturated rings. The van der Waals surface area contributed by atoms with Crippen molar-refractivity contribution in [2.75, 3.05) is 0 Å².